The minimum atomic E-state index is 0.00606. The maximum atomic E-state index is 12.1. The molecule has 0 fully saturated rings. The maximum Gasteiger partial charge on any atom is 0.225 e. The smallest absolute Gasteiger partial charge is 0.225 e. The molecule has 0 saturated carbocycles. The zero-order chi connectivity index (χ0) is 13.7. The van der Waals surface area contributed by atoms with E-state index in [2.05, 4.69) is 32.0 Å². The summed E-state index contributed by atoms with van der Waals surface area (Å²) in [6.07, 6.45) is 0.746. The number of hydrogen-bond acceptors (Lipinski definition) is 2. The van der Waals surface area contributed by atoms with Crippen molar-refractivity contribution in [1.29, 1.82) is 0 Å². The number of hydrogen-bond donors (Lipinski definition) is 1. The van der Waals surface area contributed by atoms with Crippen molar-refractivity contribution in [3.63, 3.8) is 0 Å². The Labute approximate surface area is 110 Å². The number of aryl methyl sites for hydroxylation is 2. The van der Waals surface area contributed by atoms with Gasteiger partial charge in [-0.3, -0.25) is 4.79 Å². The Morgan fingerprint density at radius 3 is 2.56 bits per heavy atom. The normalized spacial score (nSPS) is 12.3. The van der Waals surface area contributed by atoms with E-state index in [1.165, 1.54) is 16.7 Å². The monoisotopic (exact) mass is 248 g/mol. The fourth-order valence-corrected chi connectivity index (χ4v) is 2.00. The van der Waals surface area contributed by atoms with Crippen LogP contribution in [0.2, 0.25) is 0 Å². The highest BCUT2D eigenvalue weighted by molar-refractivity contribution is 5.78. The van der Waals surface area contributed by atoms with Gasteiger partial charge >= 0.3 is 0 Å². The summed E-state index contributed by atoms with van der Waals surface area (Å²) < 4.78 is 0. The Morgan fingerprint density at radius 1 is 1.33 bits per heavy atom. The molecule has 2 N–H and O–H groups in total. The fraction of sp³-hybridized carbons (Fsp3) is 0.533. The van der Waals surface area contributed by atoms with Crippen molar-refractivity contribution >= 4 is 5.91 Å². The van der Waals surface area contributed by atoms with Crippen LogP contribution in [-0.2, 0) is 11.3 Å². The van der Waals surface area contributed by atoms with Crippen molar-refractivity contribution in [3.8, 4) is 0 Å². The molecule has 1 rings (SSSR count). The molecule has 0 saturated heterocycles. The van der Waals surface area contributed by atoms with E-state index in [0.29, 0.717) is 13.1 Å². The van der Waals surface area contributed by atoms with E-state index in [1.807, 2.05) is 14.0 Å². The summed E-state index contributed by atoms with van der Waals surface area (Å²) in [4.78, 5) is 13.8. The van der Waals surface area contributed by atoms with Crippen molar-refractivity contribution in [2.45, 2.75) is 33.7 Å². The van der Waals surface area contributed by atoms with E-state index in [-0.39, 0.29) is 11.8 Å². The van der Waals surface area contributed by atoms with Crippen LogP contribution in [0.1, 0.15) is 30.0 Å². The van der Waals surface area contributed by atoms with Crippen LogP contribution in [0.4, 0.5) is 0 Å². The molecule has 100 valence electrons. The molecule has 18 heavy (non-hydrogen) atoms. The van der Waals surface area contributed by atoms with Crippen LogP contribution >= 0.6 is 0 Å². The quantitative estimate of drug-likeness (QED) is 0.868. The number of nitrogens with two attached hydrogens (primary N) is 1. The van der Waals surface area contributed by atoms with E-state index in [4.69, 9.17) is 5.73 Å². The summed E-state index contributed by atoms with van der Waals surface area (Å²) in [5.74, 6) is 0.172. The van der Waals surface area contributed by atoms with Gasteiger partial charge in [0.2, 0.25) is 5.91 Å². The lowest BCUT2D eigenvalue weighted by molar-refractivity contribution is -0.134. The lowest BCUT2D eigenvalue weighted by Crippen LogP contribution is -2.32. The van der Waals surface area contributed by atoms with E-state index in [1.54, 1.807) is 4.90 Å². The molecule has 0 spiro atoms. The van der Waals surface area contributed by atoms with Gasteiger partial charge in [-0.2, -0.15) is 0 Å². The Hall–Kier alpha value is -1.35. The van der Waals surface area contributed by atoms with Gasteiger partial charge in [-0.05, 0) is 43.5 Å². The number of amides is 1. The van der Waals surface area contributed by atoms with Gasteiger partial charge in [-0.15, -0.1) is 0 Å². The van der Waals surface area contributed by atoms with E-state index < -0.39 is 0 Å². The highest BCUT2D eigenvalue weighted by Crippen LogP contribution is 2.13. The van der Waals surface area contributed by atoms with Gasteiger partial charge in [0.15, 0.2) is 0 Å². The minimum absolute atomic E-state index is 0.00606. The molecule has 1 amide bonds. The number of carbonyl (C=O) groups is 1. The van der Waals surface area contributed by atoms with E-state index in [0.717, 1.165) is 6.42 Å². The van der Waals surface area contributed by atoms with Crippen LogP contribution in [0, 0.1) is 19.8 Å². The third-order valence-electron chi connectivity index (χ3n) is 3.39. The average molecular weight is 248 g/mol. The summed E-state index contributed by atoms with van der Waals surface area (Å²) in [5, 5.41) is 0. The summed E-state index contributed by atoms with van der Waals surface area (Å²) in [6, 6.07) is 6.33. The summed E-state index contributed by atoms with van der Waals surface area (Å²) in [6.45, 7) is 7.35. The number of rotatable bonds is 5. The number of nitrogens with zero attached hydrogens (tertiary/aromatic N) is 1. The predicted octanol–water partition coefficient (Wildman–Crippen LogP) is 2.25. The fourth-order valence-electron chi connectivity index (χ4n) is 2.00. The minimum Gasteiger partial charge on any atom is -0.341 e. The molecule has 0 heterocycles. The van der Waals surface area contributed by atoms with Gasteiger partial charge in [0.05, 0.1) is 0 Å². The second-order valence-corrected chi connectivity index (χ2v) is 5.09. The topological polar surface area (TPSA) is 46.3 Å². The molecule has 3 nitrogen and oxygen atoms in total. The molecule has 1 aromatic carbocycles. The van der Waals surface area contributed by atoms with Crippen LogP contribution in [0.5, 0.6) is 0 Å². The molecule has 0 bridgehead atoms. The van der Waals surface area contributed by atoms with Crippen molar-refractivity contribution in [3.05, 3.63) is 34.9 Å². The van der Waals surface area contributed by atoms with Crippen LogP contribution in [0.15, 0.2) is 18.2 Å². The van der Waals surface area contributed by atoms with Gasteiger partial charge in [-0.1, -0.05) is 25.1 Å². The molecule has 0 aromatic heterocycles. The van der Waals surface area contributed by atoms with Crippen LogP contribution < -0.4 is 5.73 Å². The van der Waals surface area contributed by atoms with Gasteiger partial charge in [0.1, 0.15) is 0 Å². The Bertz CT molecular complexity index is 415. The molecule has 1 unspecified atom stereocenters. The van der Waals surface area contributed by atoms with Crippen LogP contribution in [0.25, 0.3) is 0 Å². The standard InChI is InChI=1S/C15H24N2O/c1-11-5-6-14(9-13(11)3)10-17(4)15(18)12(2)7-8-16/h5-6,9,12H,7-8,10,16H2,1-4H3. The first-order valence-electron chi connectivity index (χ1n) is 6.47. The molecule has 0 aliphatic carbocycles. The molecular formula is C15H24N2O. The average Bonchev–Trinajstić information content (AvgIpc) is 2.33. The molecule has 0 radical (unpaired) electrons. The van der Waals surface area contributed by atoms with Crippen molar-refractivity contribution in [2.24, 2.45) is 11.7 Å². The Morgan fingerprint density at radius 2 is 2.00 bits per heavy atom. The molecule has 0 aliphatic rings. The molecule has 3 heteroatoms. The predicted molar refractivity (Wildman–Crippen MR) is 75.2 cm³/mol. The Kier molecular flexibility index (Phi) is 5.35. The summed E-state index contributed by atoms with van der Waals surface area (Å²) in [5.41, 5.74) is 9.21. The van der Waals surface area contributed by atoms with E-state index >= 15 is 0 Å². The molecule has 0 aliphatic heterocycles. The van der Waals surface area contributed by atoms with Crippen molar-refractivity contribution in [1.82, 2.24) is 4.90 Å². The second kappa shape index (κ2) is 6.55. The van der Waals surface area contributed by atoms with Gasteiger partial charge in [-0.25, -0.2) is 0 Å². The van der Waals surface area contributed by atoms with Gasteiger partial charge < -0.3 is 10.6 Å². The highest BCUT2D eigenvalue weighted by atomic mass is 16.2. The van der Waals surface area contributed by atoms with Gasteiger partial charge in [0, 0.05) is 19.5 Å². The first-order chi connectivity index (χ1) is 8.45. The first kappa shape index (κ1) is 14.7. The van der Waals surface area contributed by atoms with E-state index in [9.17, 15) is 4.79 Å². The molecular weight excluding hydrogens is 224 g/mol. The van der Waals surface area contributed by atoms with Crippen LogP contribution in [-0.4, -0.2) is 24.4 Å². The lowest BCUT2D eigenvalue weighted by atomic mass is 10.0. The third-order valence-corrected chi connectivity index (χ3v) is 3.39. The molecule has 1 aromatic rings. The maximum absolute atomic E-state index is 12.1. The zero-order valence-electron chi connectivity index (χ0n) is 11.9. The lowest BCUT2D eigenvalue weighted by Gasteiger charge is -2.21. The summed E-state index contributed by atoms with van der Waals surface area (Å²) >= 11 is 0. The Balaban J connectivity index is 2.66. The second-order valence-electron chi connectivity index (χ2n) is 5.09. The third kappa shape index (κ3) is 3.84. The molecule has 1 atom stereocenters. The van der Waals surface area contributed by atoms with Crippen molar-refractivity contribution < 1.29 is 4.79 Å². The van der Waals surface area contributed by atoms with Crippen molar-refractivity contribution in [2.75, 3.05) is 13.6 Å². The highest BCUT2D eigenvalue weighted by Gasteiger charge is 2.16. The zero-order valence-corrected chi connectivity index (χ0v) is 11.9. The SMILES string of the molecule is Cc1ccc(CN(C)C(=O)C(C)CCN)cc1C. The largest absolute Gasteiger partial charge is 0.341 e. The first-order valence-corrected chi connectivity index (χ1v) is 6.47. The number of carbonyl (C=O) groups excluding carboxylic acids is 1. The van der Waals surface area contributed by atoms with Crippen LogP contribution in [0.3, 0.4) is 0 Å². The number of benzene rings is 1. The summed E-state index contributed by atoms with van der Waals surface area (Å²) in [7, 11) is 1.85. The van der Waals surface area contributed by atoms with Gasteiger partial charge in [0.25, 0.3) is 0 Å².